The lowest BCUT2D eigenvalue weighted by molar-refractivity contribution is -0.902. The van der Waals surface area contributed by atoms with E-state index < -0.39 is 0 Å². The van der Waals surface area contributed by atoms with Crippen LogP contribution >= 0.6 is 0 Å². The molecule has 4 heteroatoms. The summed E-state index contributed by atoms with van der Waals surface area (Å²) in [4.78, 5) is 16.0. The molecule has 4 aliphatic carbocycles. The van der Waals surface area contributed by atoms with E-state index in [4.69, 9.17) is 4.74 Å². The maximum atomic E-state index is 12.5. The summed E-state index contributed by atoms with van der Waals surface area (Å²) in [6.45, 7) is 7.35. The number of carbonyl (C=O) groups excluding carboxylic acids is 1. The average Bonchev–Trinajstić information content (AvgIpc) is 2.71. The first-order valence-electron chi connectivity index (χ1n) is 11.5. The summed E-state index contributed by atoms with van der Waals surface area (Å²) >= 11 is 0. The molecule has 4 bridgehead atoms. The topological polar surface area (TPSA) is 34.0 Å². The Morgan fingerprint density at radius 2 is 1.61 bits per heavy atom. The number of quaternary nitrogens is 1. The SMILES string of the molecule is CC[NH+]1CCN(C(=O)COc2ccc(C34CC5CC(CC(C5)C3)C4)cc2)CC1. The number of likely N-dealkylation sites (N-methyl/N-ethyl adjacent to an activating group) is 1. The van der Waals surface area contributed by atoms with E-state index in [1.165, 1.54) is 44.1 Å². The van der Waals surface area contributed by atoms with Crippen LogP contribution in [0.2, 0.25) is 0 Å². The Hall–Kier alpha value is -1.55. The first-order valence-corrected chi connectivity index (χ1v) is 11.5. The summed E-state index contributed by atoms with van der Waals surface area (Å²) in [6.07, 6.45) is 8.62. The highest BCUT2D eigenvalue weighted by Crippen LogP contribution is 2.60. The summed E-state index contributed by atoms with van der Waals surface area (Å²) in [5, 5.41) is 0. The van der Waals surface area contributed by atoms with Gasteiger partial charge in [0.05, 0.1) is 32.7 Å². The maximum Gasteiger partial charge on any atom is 0.260 e. The van der Waals surface area contributed by atoms with Crippen LogP contribution in [-0.4, -0.2) is 50.1 Å². The van der Waals surface area contributed by atoms with Crippen molar-refractivity contribution in [3.63, 3.8) is 0 Å². The number of hydrogen-bond acceptors (Lipinski definition) is 2. The Kier molecular flexibility index (Phi) is 4.86. The van der Waals surface area contributed by atoms with E-state index in [0.29, 0.717) is 5.41 Å². The molecule has 0 aromatic heterocycles. The van der Waals surface area contributed by atoms with Crippen LogP contribution in [0.15, 0.2) is 24.3 Å². The summed E-state index contributed by atoms with van der Waals surface area (Å²) in [5.41, 5.74) is 1.95. The summed E-state index contributed by atoms with van der Waals surface area (Å²) < 4.78 is 5.85. The van der Waals surface area contributed by atoms with Gasteiger partial charge >= 0.3 is 0 Å². The predicted octanol–water partition coefficient (Wildman–Crippen LogP) is 2.28. The second-order valence-corrected chi connectivity index (χ2v) is 10.00. The summed E-state index contributed by atoms with van der Waals surface area (Å²) in [5.74, 6) is 3.86. The molecule has 152 valence electrons. The van der Waals surface area contributed by atoms with Gasteiger partial charge in [-0.2, -0.15) is 0 Å². The monoisotopic (exact) mass is 383 g/mol. The lowest BCUT2D eigenvalue weighted by atomic mass is 9.48. The predicted molar refractivity (Wildman–Crippen MR) is 110 cm³/mol. The number of carbonyl (C=O) groups is 1. The highest BCUT2D eigenvalue weighted by atomic mass is 16.5. The Bertz CT molecular complexity index is 671. The van der Waals surface area contributed by atoms with Crippen LogP contribution in [0.3, 0.4) is 0 Å². The largest absolute Gasteiger partial charge is 0.484 e. The number of benzene rings is 1. The number of nitrogens with zero attached hydrogens (tertiary/aromatic N) is 1. The number of ether oxygens (including phenoxy) is 1. The van der Waals surface area contributed by atoms with Crippen molar-refractivity contribution < 1.29 is 14.4 Å². The molecule has 1 aliphatic heterocycles. The van der Waals surface area contributed by atoms with E-state index in [2.05, 4.69) is 31.2 Å². The van der Waals surface area contributed by atoms with Crippen LogP contribution < -0.4 is 9.64 Å². The number of hydrogen-bond donors (Lipinski definition) is 1. The Morgan fingerprint density at radius 3 is 2.14 bits per heavy atom. The zero-order valence-electron chi connectivity index (χ0n) is 17.3. The quantitative estimate of drug-likeness (QED) is 0.846. The molecule has 0 unspecified atom stereocenters. The third kappa shape index (κ3) is 3.45. The number of amides is 1. The molecule has 1 saturated heterocycles. The molecule has 28 heavy (non-hydrogen) atoms. The molecule has 0 spiro atoms. The molecule has 4 nitrogen and oxygen atoms in total. The van der Waals surface area contributed by atoms with E-state index >= 15 is 0 Å². The second kappa shape index (κ2) is 7.37. The van der Waals surface area contributed by atoms with E-state index in [1.54, 1.807) is 4.90 Å². The van der Waals surface area contributed by atoms with Gasteiger partial charge in [0.1, 0.15) is 5.75 Å². The van der Waals surface area contributed by atoms with E-state index in [-0.39, 0.29) is 12.5 Å². The van der Waals surface area contributed by atoms with Crippen molar-refractivity contribution in [1.29, 1.82) is 0 Å². The number of rotatable bonds is 5. The summed E-state index contributed by atoms with van der Waals surface area (Å²) in [6, 6.07) is 8.77. The van der Waals surface area contributed by atoms with Gasteiger partial charge in [-0.15, -0.1) is 0 Å². The molecule has 1 aromatic carbocycles. The normalized spacial score (nSPS) is 34.6. The number of nitrogens with one attached hydrogen (secondary N) is 1. The molecule has 1 N–H and O–H groups in total. The van der Waals surface area contributed by atoms with Gasteiger partial charge in [-0.05, 0) is 86.3 Å². The zero-order valence-corrected chi connectivity index (χ0v) is 17.3. The van der Waals surface area contributed by atoms with Crippen molar-refractivity contribution in [2.45, 2.75) is 50.9 Å². The molecule has 1 heterocycles. The Labute approximate surface area is 169 Å². The van der Waals surface area contributed by atoms with Crippen molar-refractivity contribution in [3.05, 3.63) is 29.8 Å². The fourth-order valence-corrected chi connectivity index (χ4v) is 7.03. The minimum Gasteiger partial charge on any atom is -0.484 e. The molecule has 1 aromatic rings. The highest BCUT2D eigenvalue weighted by molar-refractivity contribution is 5.77. The Balaban J connectivity index is 1.18. The Morgan fingerprint density at radius 1 is 1.04 bits per heavy atom. The highest BCUT2D eigenvalue weighted by Gasteiger charge is 2.51. The minimum atomic E-state index is 0.125. The van der Waals surface area contributed by atoms with Gasteiger partial charge in [0.15, 0.2) is 6.61 Å². The van der Waals surface area contributed by atoms with Gasteiger partial charge in [0, 0.05) is 0 Å². The molecular formula is C24H35N2O2+. The van der Waals surface area contributed by atoms with Crippen LogP contribution in [0.1, 0.15) is 51.0 Å². The molecule has 6 rings (SSSR count). The molecule has 5 fully saturated rings. The van der Waals surface area contributed by atoms with Gasteiger partial charge in [0.25, 0.3) is 5.91 Å². The molecule has 0 atom stereocenters. The fraction of sp³-hybridized carbons (Fsp3) is 0.708. The van der Waals surface area contributed by atoms with Crippen molar-refractivity contribution in [1.82, 2.24) is 4.90 Å². The molecule has 4 saturated carbocycles. The lowest BCUT2D eigenvalue weighted by Gasteiger charge is -2.57. The van der Waals surface area contributed by atoms with E-state index in [0.717, 1.165) is 56.2 Å². The standard InChI is InChI=1S/C24H34N2O2/c1-2-25-7-9-26(10-8-25)23(27)17-28-22-5-3-21(4-6-22)24-14-18-11-19(15-24)13-20(12-18)16-24/h3-6,18-20H,2,7-17H2,1H3/p+1. The van der Waals surface area contributed by atoms with E-state index in [1.807, 2.05) is 4.90 Å². The third-order valence-electron chi connectivity index (χ3n) is 8.19. The minimum absolute atomic E-state index is 0.125. The van der Waals surface area contributed by atoms with Gasteiger partial charge in [0.2, 0.25) is 0 Å². The van der Waals surface area contributed by atoms with E-state index in [9.17, 15) is 4.79 Å². The maximum absolute atomic E-state index is 12.5. The first-order chi connectivity index (χ1) is 13.6. The smallest absolute Gasteiger partial charge is 0.260 e. The summed E-state index contributed by atoms with van der Waals surface area (Å²) in [7, 11) is 0. The van der Waals surface area contributed by atoms with Crippen LogP contribution in [0.25, 0.3) is 0 Å². The second-order valence-electron chi connectivity index (χ2n) is 10.00. The van der Waals surface area contributed by atoms with Gasteiger partial charge < -0.3 is 14.5 Å². The van der Waals surface area contributed by atoms with Crippen LogP contribution in [0.4, 0.5) is 0 Å². The van der Waals surface area contributed by atoms with Crippen molar-refractivity contribution in [3.8, 4) is 5.75 Å². The van der Waals surface area contributed by atoms with Crippen molar-refractivity contribution in [2.75, 3.05) is 39.3 Å². The number of piperazine rings is 1. The van der Waals surface area contributed by atoms with Gasteiger partial charge in [-0.3, -0.25) is 4.79 Å². The fourth-order valence-electron chi connectivity index (χ4n) is 7.03. The molecule has 5 aliphatic rings. The lowest BCUT2D eigenvalue weighted by Crippen LogP contribution is -3.14. The van der Waals surface area contributed by atoms with Crippen LogP contribution in [0, 0.1) is 17.8 Å². The third-order valence-corrected chi connectivity index (χ3v) is 8.19. The first kappa shape index (κ1) is 18.5. The van der Waals surface area contributed by atoms with Crippen LogP contribution in [-0.2, 0) is 10.2 Å². The molecule has 0 radical (unpaired) electrons. The average molecular weight is 384 g/mol. The zero-order chi connectivity index (χ0) is 19.1. The van der Waals surface area contributed by atoms with Gasteiger partial charge in [-0.25, -0.2) is 0 Å². The van der Waals surface area contributed by atoms with Crippen molar-refractivity contribution >= 4 is 5.91 Å². The van der Waals surface area contributed by atoms with Crippen LogP contribution in [0.5, 0.6) is 5.75 Å². The molecule has 1 amide bonds. The van der Waals surface area contributed by atoms with Gasteiger partial charge in [-0.1, -0.05) is 12.1 Å². The van der Waals surface area contributed by atoms with Crippen molar-refractivity contribution in [2.24, 2.45) is 17.8 Å². The molecular weight excluding hydrogens is 348 g/mol.